The quantitative estimate of drug-likeness (QED) is 0.232. The van der Waals surface area contributed by atoms with Gasteiger partial charge in [0.2, 0.25) is 11.1 Å². The van der Waals surface area contributed by atoms with E-state index in [4.69, 9.17) is 0 Å². The summed E-state index contributed by atoms with van der Waals surface area (Å²) in [4.78, 5) is 39.1. The van der Waals surface area contributed by atoms with E-state index in [9.17, 15) is 32.5 Å². The monoisotopic (exact) mass is 532 g/mol. The summed E-state index contributed by atoms with van der Waals surface area (Å²) in [5.41, 5.74) is 0.133. The van der Waals surface area contributed by atoms with Crippen molar-refractivity contribution < 1.29 is 32.5 Å². The van der Waals surface area contributed by atoms with Gasteiger partial charge >= 0.3 is 16.3 Å². The van der Waals surface area contributed by atoms with Crippen LogP contribution in [-0.4, -0.2) is 82.8 Å². The fourth-order valence-electron chi connectivity index (χ4n) is 3.36. The second-order valence-electron chi connectivity index (χ2n) is 6.93. The highest BCUT2D eigenvalue weighted by atomic mass is 32.2. The molecule has 0 aromatic carbocycles. The number of thiophene rings is 1. The number of amides is 2. The standard InChI is InChI=1S/C16H16N6O7S4/c1-7(32-16-18-19-20-22(16)33(27,28)29)9-6-31-14-11(13(24)21(14)12(9)15(25)26)17-10(23)5-8-3-2-4-30-8/h2-4,7,11,14H,5-6H2,1H3,(H,17,23)(H,25,26)(H,27,28,29)/t7?,11?,14-/m1/s1. The maximum atomic E-state index is 12.8. The fraction of sp³-hybridized carbons (Fsp3) is 0.375. The van der Waals surface area contributed by atoms with Crippen molar-refractivity contribution in [2.45, 2.75) is 35.2 Å². The van der Waals surface area contributed by atoms with Crippen molar-refractivity contribution in [3.8, 4) is 0 Å². The lowest BCUT2D eigenvalue weighted by Gasteiger charge is -2.50. The Balaban J connectivity index is 1.52. The third-order valence-electron chi connectivity index (χ3n) is 4.84. The number of aliphatic carboxylic acids is 1. The Bertz CT molecular complexity index is 1240. The third kappa shape index (κ3) is 4.63. The van der Waals surface area contributed by atoms with Crippen molar-refractivity contribution in [3.63, 3.8) is 0 Å². The van der Waals surface area contributed by atoms with Gasteiger partial charge in [-0.2, -0.15) is 8.42 Å². The molecule has 3 N–H and O–H groups in total. The second-order valence-corrected chi connectivity index (χ2v) is 11.6. The van der Waals surface area contributed by atoms with Gasteiger partial charge in [0, 0.05) is 15.9 Å². The summed E-state index contributed by atoms with van der Waals surface area (Å²) >= 11 is 3.53. The number of hydrogen-bond donors (Lipinski definition) is 3. The SMILES string of the molecule is CC(Sc1nnnn1S(=O)(=O)O)C1=C(C(=O)O)N2C(=O)C(NC(=O)Cc3cccs3)[C@H]2SC1. The minimum Gasteiger partial charge on any atom is -0.477 e. The van der Waals surface area contributed by atoms with Gasteiger partial charge in [-0.25, -0.2) is 4.79 Å². The first-order valence-corrected chi connectivity index (χ1v) is 13.4. The summed E-state index contributed by atoms with van der Waals surface area (Å²) in [6.07, 6.45) is 0.127. The van der Waals surface area contributed by atoms with Gasteiger partial charge in [0.1, 0.15) is 17.1 Å². The summed E-state index contributed by atoms with van der Waals surface area (Å²) in [7, 11) is -4.73. The summed E-state index contributed by atoms with van der Waals surface area (Å²) in [6, 6.07) is 2.79. The lowest BCUT2D eigenvalue weighted by molar-refractivity contribution is -0.150. The Morgan fingerprint density at radius 1 is 1.42 bits per heavy atom. The molecule has 3 atom stereocenters. The van der Waals surface area contributed by atoms with Crippen LogP contribution in [0.5, 0.6) is 0 Å². The molecular formula is C16H16N6O7S4. The second kappa shape index (κ2) is 9.05. The van der Waals surface area contributed by atoms with E-state index in [1.54, 1.807) is 6.92 Å². The van der Waals surface area contributed by atoms with E-state index < -0.39 is 38.8 Å². The molecule has 4 rings (SSSR count). The van der Waals surface area contributed by atoms with E-state index in [2.05, 4.69) is 20.8 Å². The minimum absolute atomic E-state index is 0.127. The highest BCUT2D eigenvalue weighted by Gasteiger charge is 2.54. The number of fused-ring (bicyclic) bond motifs is 1. The Labute approximate surface area is 199 Å². The number of carboxylic acids is 1. The van der Waals surface area contributed by atoms with E-state index in [-0.39, 0.29) is 33.0 Å². The van der Waals surface area contributed by atoms with Crippen LogP contribution in [-0.2, 0) is 31.1 Å². The number of aromatic nitrogens is 4. The molecule has 0 radical (unpaired) electrons. The Kier molecular flexibility index (Phi) is 6.50. The summed E-state index contributed by atoms with van der Waals surface area (Å²) in [5, 5.41) is 22.8. The minimum atomic E-state index is -4.73. The van der Waals surface area contributed by atoms with Crippen molar-refractivity contribution >= 4 is 62.9 Å². The van der Waals surface area contributed by atoms with Gasteiger partial charge < -0.3 is 10.4 Å². The van der Waals surface area contributed by atoms with E-state index in [0.717, 1.165) is 21.5 Å². The highest BCUT2D eigenvalue weighted by molar-refractivity contribution is 8.01. The molecule has 13 nitrogen and oxygen atoms in total. The molecule has 0 spiro atoms. The van der Waals surface area contributed by atoms with Gasteiger partial charge in [-0.1, -0.05) is 21.9 Å². The zero-order chi connectivity index (χ0) is 23.9. The van der Waals surface area contributed by atoms with Crippen LogP contribution in [0.15, 0.2) is 33.9 Å². The van der Waals surface area contributed by atoms with Crippen LogP contribution < -0.4 is 5.32 Å². The van der Waals surface area contributed by atoms with E-state index in [1.165, 1.54) is 23.1 Å². The van der Waals surface area contributed by atoms with Crippen molar-refractivity contribution in [3.05, 3.63) is 33.7 Å². The normalized spacial score (nSPS) is 21.4. The van der Waals surface area contributed by atoms with Gasteiger partial charge in [0.25, 0.3) is 5.91 Å². The summed E-state index contributed by atoms with van der Waals surface area (Å²) in [5.74, 6) is -1.98. The lowest BCUT2D eigenvalue weighted by atomic mass is 10.0. The van der Waals surface area contributed by atoms with E-state index >= 15 is 0 Å². The summed E-state index contributed by atoms with van der Waals surface area (Å²) in [6.45, 7) is 1.61. The Morgan fingerprint density at radius 2 is 2.18 bits per heavy atom. The van der Waals surface area contributed by atoms with Crippen LogP contribution in [0.2, 0.25) is 0 Å². The number of β-lactam (4-membered cyclic amide) rings is 1. The van der Waals surface area contributed by atoms with Gasteiger partial charge in [0.15, 0.2) is 0 Å². The number of nitrogens with zero attached hydrogens (tertiary/aromatic N) is 5. The van der Waals surface area contributed by atoms with Gasteiger partial charge in [-0.15, -0.1) is 28.2 Å². The van der Waals surface area contributed by atoms with Crippen molar-refractivity contribution in [2.24, 2.45) is 0 Å². The third-order valence-corrected chi connectivity index (χ3v) is 8.92. The van der Waals surface area contributed by atoms with E-state index in [0.29, 0.717) is 5.57 Å². The molecule has 176 valence electrons. The van der Waals surface area contributed by atoms with Crippen LogP contribution in [0, 0.1) is 0 Å². The molecule has 2 aliphatic rings. The van der Waals surface area contributed by atoms with E-state index in [1.807, 2.05) is 17.5 Å². The maximum Gasteiger partial charge on any atom is 0.382 e. The molecule has 2 amide bonds. The largest absolute Gasteiger partial charge is 0.477 e. The number of carbonyl (C=O) groups excluding carboxylic acids is 2. The molecule has 2 unspecified atom stereocenters. The van der Waals surface area contributed by atoms with Crippen LogP contribution >= 0.6 is 34.9 Å². The Hall–Kier alpha value is -2.47. The number of carboxylic acid groups (broad SMARTS) is 1. The van der Waals surface area contributed by atoms with Crippen molar-refractivity contribution in [2.75, 3.05) is 5.75 Å². The molecule has 0 saturated carbocycles. The first-order valence-electron chi connectivity index (χ1n) is 9.23. The molecular weight excluding hydrogens is 516 g/mol. The predicted molar refractivity (Wildman–Crippen MR) is 118 cm³/mol. The van der Waals surface area contributed by atoms with Crippen LogP contribution in [0.3, 0.4) is 0 Å². The highest BCUT2D eigenvalue weighted by Crippen LogP contribution is 2.43. The molecule has 2 aromatic rings. The van der Waals surface area contributed by atoms with Crippen LogP contribution in [0.4, 0.5) is 0 Å². The first-order chi connectivity index (χ1) is 15.6. The fourth-order valence-corrected chi connectivity index (χ4v) is 7.28. The Morgan fingerprint density at radius 3 is 2.82 bits per heavy atom. The average Bonchev–Trinajstić information content (AvgIpc) is 3.42. The number of hydrogen-bond acceptors (Lipinski definition) is 11. The van der Waals surface area contributed by atoms with Crippen molar-refractivity contribution in [1.82, 2.24) is 29.8 Å². The van der Waals surface area contributed by atoms with Gasteiger partial charge in [-0.3, -0.25) is 19.0 Å². The molecule has 0 bridgehead atoms. The number of rotatable bonds is 8. The number of nitrogens with one attached hydrogen (secondary N) is 1. The van der Waals surface area contributed by atoms with Crippen LogP contribution in [0.25, 0.3) is 0 Å². The zero-order valence-electron chi connectivity index (χ0n) is 16.7. The zero-order valence-corrected chi connectivity index (χ0v) is 19.9. The molecule has 4 heterocycles. The molecule has 0 aliphatic carbocycles. The van der Waals surface area contributed by atoms with Crippen molar-refractivity contribution in [1.29, 1.82) is 0 Å². The smallest absolute Gasteiger partial charge is 0.382 e. The summed E-state index contributed by atoms with van der Waals surface area (Å²) < 4.78 is 32.2. The average molecular weight is 533 g/mol. The molecule has 1 fully saturated rings. The lowest BCUT2D eigenvalue weighted by Crippen LogP contribution is -2.70. The molecule has 1 saturated heterocycles. The topological polar surface area (TPSA) is 185 Å². The number of tetrazole rings is 1. The first kappa shape index (κ1) is 23.7. The van der Waals surface area contributed by atoms with Gasteiger partial charge in [0.05, 0.1) is 6.42 Å². The maximum absolute atomic E-state index is 12.8. The predicted octanol–water partition coefficient (Wildman–Crippen LogP) is -0.153. The molecule has 17 heteroatoms. The van der Waals surface area contributed by atoms with Gasteiger partial charge in [-0.05, 0) is 34.4 Å². The molecule has 2 aliphatic heterocycles. The molecule has 2 aromatic heterocycles. The molecule has 33 heavy (non-hydrogen) atoms. The number of thioether (sulfide) groups is 2. The van der Waals surface area contributed by atoms with Crippen LogP contribution in [0.1, 0.15) is 11.8 Å². The number of carbonyl (C=O) groups is 3.